The van der Waals surface area contributed by atoms with Crippen LogP contribution in [-0.4, -0.2) is 14.5 Å². The van der Waals surface area contributed by atoms with Crippen molar-refractivity contribution in [1.82, 2.24) is 14.5 Å². The van der Waals surface area contributed by atoms with Gasteiger partial charge in [0.1, 0.15) is 5.52 Å². The van der Waals surface area contributed by atoms with E-state index in [1.807, 2.05) is 60.7 Å². The summed E-state index contributed by atoms with van der Waals surface area (Å²) in [6.07, 6.45) is 0. The van der Waals surface area contributed by atoms with Crippen LogP contribution >= 0.6 is 11.6 Å². The molecule has 4 heteroatoms. The number of rotatable bonds is 1. The second kappa shape index (κ2) is 5.05. The second-order valence-corrected chi connectivity index (χ2v) is 6.15. The fourth-order valence-electron chi connectivity index (χ4n) is 3.17. The van der Waals surface area contributed by atoms with E-state index >= 15 is 0 Å². The molecule has 0 fully saturated rings. The Bertz CT molecular complexity index is 1210. The van der Waals surface area contributed by atoms with E-state index in [4.69, 9.17) is 21.6 Å². The number of para-hydroxylation sites is 3. The molecule has 0 aliphatic heterocycles. The predicted molar refractivity (Wildman–Crippen MR) is 98.9 cm³/mol. The van der Waals surface area contributed by atoms with Gasteiger partial charge in [0.15, 0.2) is 5.65 Å². The first-order valence-corrected chi connectivity index (χ1v) is 8.11. The average molecular weight is 330 g/mol. The molecular weight excluding hydrogens is 318 g/mol. The molecule has 0 bridgehead atoms. The molecular formula is C20H12ClN3. The van der Waals surface area contributed by atoms with Crippen molar-refractivity contribution in [3.8, 4) is 5.69 Å². The normalized spacial score (nSPS) is 11.5. The van der Waals surface area contributed by atoms with Crippen molar-refractivity contribution in [2.45, 2.75) is 0 Å². The van der Waals surface area contributed by atoms with Gasteiger partial charge in [0.05, 0.1) is 16.6 Å². The lowest BCUT2D eigenvalue weighted by atomic mass is 10.2. The van der Waals surface area contributed by atoms with E-state index in [2.05, 4.69) is 16.7 Å². The van der Waals surface area contributed by atoms with Gasteiger partial charge in [-0.1, -0.05) is 41.9 Å². The maximum atomic E-state index is 6.24. The minimum Gasteiger partial charge on any atom is -0.293 e. The topological polar surface area (TPSA) is 30.7 Å². The van der Waals surface area contributed by atoms with Crippen LogP contribution in [0.2, 0.25) is 5.02 Å². The molecule has 24 heavy (non-hydrogen) atoms. The summed E-state index contributed by atoms with van der Waals surface area (Å²) in [4.78, 5) is 9.73. The second-order valence-electron chi connectivity index (χ2n) is 5.72. The third kappa shape index (κ3) is 1.92. The van der Waals surface area contributed by atoms with Gasteiger partial charge >= 0.3 is 0 Å². The van der Waals surface area contributed by atoms with Crippen LogP contribution < -0.4 is 0 Å². The minimum atomic E-state index is 0.699. The number of aromatic nitrogens is 3. The fraction of sp³-hybridized carbons (Fsp3) is 0. The lowest BCUT2D eigenvalue weighted by Gasteiger charge is -2.06. The van der Waals surface area contributed by atoms with Crippen molar-refractivity contribution in [2.75, 3.05) is 0 Å². The van der Waals surface area contributed by atoms with Crippen molar-refractivity contribution in [3.63, 3.8) is 0 Å². The predicted octanol–water partition coefficient (Wildman–Crippen LogP) is 5.38. The Morgan fingerprint density at radius 2 is 1.46 bits per heavy atom. The van der Waals surface area contributed by atoms with E-state index in [9.17, 15) is 0 Å². The standard InChI is InChI=1S/C20H12ClN3/c21-13-10-11-18-15(12-13)19-20(24(18)14-6-2-1-3-7-14)23-17-9-5-4-8-16(17)22-19/h1-12H. The third-order valence-electron chi connectivity index (χ3n) is 4.23. The summed E-state index contributed by atoms with van der Waals surface area (Å²) in [6, 6.07) is 24.0. The molecule has 0 unspecified atom stereocenters. The molecule has 0 N–H and O–H groups in total. The Kier molecular flexibility index (Phi) is 2.84. The number of benzene rings is 3. The third-order valence-corrected chi connectivity index (χ3v) is 4.47. The van der Waals surface area contributed by atoms with Crippen LogP contribution in [-0.2, 0) is 0 Å². The van der Waals surface area contributed by atoms with Gasteiger partial charge in [-0.15, -0.1) is 0 Å². The molecule has 3 nitrogen and oxygen atoms in total. The van der Waals surface area contributed by atoms with Gasteiger partial charge in [0.2, 0.25) is 0 Å². The zero-order chi connectivity index (χ0) is 16.1. The molecule has 0 saturated carbocycles. The highest BCUT2D eigenvalue weighted by molar-refractivity contribution is 6.31. The molecule has 5 rings (SSSR count). The van der Waals surface area contributed by atoms with Crippen LogP contribution in [0.15, 0.2) is 72.8 Å². The van der Waals surface area contributed by atoms with Crippen molar-refractivity contribution in [3.05, 3.63) is 77.8 Å². The average Bonchev–Trinajstić information content (AvgIpc) is 2.93. The monoisotopic (exact) mass is 329 g/mol. The van der Waals surface area contributed by atoms with Crippen molar-refractivity contribution < 1.29 is 0 Å². The summed E-state index contributed by atoms with van der Waals surface area (Å²) < 4.78 is 2.14. The quantitative estimate of drug-likeness (QED) is 0.413. The number of nitrogens with zero attached hydrogens (tertiary/aromatic N) is 3. The lowest BCUT2D eigenvalue weighted by Crippen LogP contribution is -1.96. The molecule has 2 heterocycles. The molecule has 0 aliphatic rings. The summed E-state index contributed by atoms with van der Waals surface area (Å²) in [6.45, 7) is 0. The van der Waals surface area contributed by atoms with Gasteiger partial charge in [-0.05, 0) is 42.5 Å². The molecule has 0 spiro atoms. The smallest absolute Gasteiger partial charge is 0.165 e. The maximum Gasteiger partial charge on any atom is 0.165 e. The van der Waals surface area contributed by atoms with E-state index in [1.54, 1.807) is 0 Å². The number of fused-ring (bicyclic) bond motifs is 4. The van der Waals surface area contributed by atoms with Crippen LogP contribution in [0.3, 0.4) is 0 Å². The van der Waals surface area contributed by atoms with E-state index in [-0.39, 0.29) is 0 Å². The highest BCUT2D eigenvalue weighted by Gasteiger charge is 2.15. The van der Waals surface area contributed by atoms with Gasteiger partial charge < -0.3 is 0 Å². The van der Waals surface area contributed by atoms with Crippen LogP contribution in [0.4, 0.5) is 0 Å². The van der Waals surface area contributed by atoms with Crippen molar-refractivity contribution in [1.29, 1.82) is 0 Å². The highest BCUT2D eigenvalue weighted by Crippen LogP contribution is 2.32. The fourth-order valence-corrected chi connectivity index (χ4v) is 3.34. The molecule has 114 valence electrons. The van der Waals surface area contributed by atoms with Crippen molar-refractivity contribution >= 4 is 44.7 Å². The highest BCUT2D eigenvalue weighted by atomic mass is 35.5. The first-order chi connectivity index (χ1) is 11.8. The molecule has 0 atom stereocenters. The van der Waals surface area contributed by atoms with Gasteiger partial charge in [-0.2, -0.15) is 0 Å². The van der Waals surface area contributed by atoms with Crippen LogP contribution in [0, 0.1) is 0 Å². The lowest BCUT2D eigenvalue weighted by molar-refractivity contribution is 1.14. The zero-order valence-electron chi connectivity index (χ0n) is 12.6. The van der Waals surface area contributed by atoms with Crippen LogP contribution in [0.25, 0.3) is 38.8 Å². The summed E-state index contributed by atoms with van der Waals surface area (Å²) in [5, 5.41) is 1.71. The Balaban J connectivity index is 2.03. The first-order valence-electron chi connectivity index (χ1n) is 7.73. The molecule has 0 radical (unpaired) electrons. The number of halogens is 1. The van der Waals surface area contributed by atoms with E-state index in [0.29, 0.717) is 5.02 Å². The Hall–Kier alpha value is -2.91. The number of hydrogen-bond donors (Lipinski definition) is 0. The van der Waals surface area contributed by atoms with E-state index < -0.39 is 0 Å². The molecule has 2 aromatic heterocycles. The maximum absolute atomic E-state index is 6.24. The van der Waals surface area contributed by atoms with Crippen molar-refractivity contribution in [2.24, 2.45) is 0 Å². The Morgan fingerprint density at radius 1 is 0.750 bits per heavy atom. The summed E-state index contributed by atoms with van der Waals surface area (Å²) in [7, 11) is 0. The number of hydrogen-bond acceptors (Lipinski definition) is 2. The molecule has 3 aromatic carbocycles. The first kappa shape index (κ1) is 13.5. The molecule has 0 amide bonds. The Labute approximate surface area is 143 Å². The van der Waals surface area contributed by atoms with Gasteiger partial charge in [-0.25, -0.2) is 9.97 Å². The molecule has 0 saturated heterocycles. The van der Waals surface area contributed by atoms with Gasteiger partial charge in [-0.3, -0.25) is 4.57 Å². The van der Waals surface area contributed by atoms with E-state index in [0.717, 1.165) is 38.8 Å². The summed E-state index contributed by atoms with van der Waals surface area (Å²) in [5.41, 5.74) is 5.60. The summed E-state index contributed by atoms with van der Waals surface area (Å²) in [5.74, 6) is 0. The largest absolute Gasteiger partial charge is 0.293 e. The SMILES string of the molecule is Clc1ccc2c(c1)c1nc3ccccc3nc1n2-c1ccccc1. The van der Waals surface area contributed by atoms with E-state index in [1.165, 1.54) is 0 Å². The van der Waals surface area contributed by atoms with Gasteiger partial charge in [0.25, 0.3) is 0 Å². The van der Waals surface area contributed by atoms with Crippen LogP contribution in [0.1, 0.15) is 0 Å². The van der Waals surface area contributed by atoms with Gasteiger partial charge in [0, 0.05) is 16.1 Å². The summed E-state index contributed by atoms with van der Waals surface area (Å²) >= 11 is 6.24. The van der Waals surface area contributed by atoms with Crippen LogP contribution in [0.5, 0.6) is 0 Å². The Morgan fingerprint density at radius 3 is 2.25 bits per heavy atom. The molecule has 0 aliphatic carbocycles. The zero-order valence-corrected chi connectivity index (χ0v) is 13.4. The molecule has 5 aromatic rings. The minimum absolute atomic E-state index is 0.699.